The van der Waals surface area contributed by atoms with Gasteiger partial charge in [0, 0.05) is 41.6 Å². The number of halogens is 1. The zero-order chi connectivity index (χ0) is 17.1. The second-order valence-electron chi connectivity index (χ2n) is 6.21. The van der Waals surface area contributed by atoms with Gasteiger partial charge in [-0.15, -0.1) is 0 Å². The number of carbonyl (C=O) groups excluding carboxylic acids is 1. The Balaban J connectivity index is 1.73. The molecule has 6 heteroatoms. The Kier molecular flexibility index (Phi) is 5.00. The summed E-state index contributed by atoms with van der Waals surface area (Å²) in [6.07, 6.45) is 5.32. The van der Waals surface area contributed by atoms with Crippen LogP contribution in [0.1, 0.15) is 35.6 Å². The fourth-order valence-corrected chi connectivity index (χ4v) is 3.30. The first-order valence-electron chi connectivity index (χ1n) is 8.14. The van der Waals surface area contributed by atoms with Crippen molar-refractivity contribution in [1.82, 2.24) is 14.9 Å². The normalized spacial score (nSPS) is 17.6. The van der Waals surface area contributed by atoms with Crippen molar-refractivity contribution in [2.45, 2.75) is 32.6 Å². The maximum absolute atomic E-state index is 12.7. The lowest BCUT2D eigenvalue weighted by Gasteiger charge is -2.32. The van der Waals surface area contributed by atoms with E-state index in [1.165, 1.54) is 0 Å². The molecule has 3 rings (SSSR count). The monoisotopic (exact) mass is 344 g/mol. The largest absolute Gasteiger partial charge is 0.324 e. The quantitative estimate of drug-likeness (QED) is 0.890. The Hall–Kier alpha value is -2.14. The van der Waals surface area contributed by atoms with Crippen molar-refractivity contribution >= 4 is 23.3 Å². The standard InChI is InChI=1S/C18H21ClN4O/c1-12-5-6-15(19)13(2)17(12)22-18(24)23-9-3-4-14(10-23)16-7-8-20-11-21-16/h5-8,11,14H,3-4,9-10H2,1-2H3,(H,22,24)/t14-/m0/s1. The Bertz CT molecular complexity index is 735. The molecule has 2 heterocycles. The van der Waals surface area contributed by atoms with Crippen LogP contribution >= 0.6 is 11.6 Å². The first-order valence-corrected chi connectivity index (χ1v) is 8.51. The van der Waals surface area contributed by atoms with Crippen LogP contribution in [0.4, 0.5) is 10.5 Å². The highest BCUT2D eigenvalue weighted by Gasteiger charge is 2.26. The maximum Gasteiger partial charge on any atom is 0.321 e. The number of aryl methyl sites for hydroxylation is 1. The van der Waals surface area contributed by atoms with Crippen LogP contribution in [-0.4, -0.2) is 34.0 Å². The lowest BCUT2D eigenvalue weighted by Crippen LogP contribution is -2.42. The molecule has 0 radical (unpaired) electrons. The fourth-order valence-electron chi connectivity index (χ4n) is 3.15. The molecule has 0 spiro atoms. The summed E-state index contributed by atoms with van der Waals surface area (Å²) in [5.74, 6) is 0.258. The molecule has 1 aliphatic rings. The molecule has 2 amide bonds. The van der Waals surface area contributed by atoms with Crippen molar-refractivity contribution in [2.75, 3.05) is 18.4 Å². The van der Waals surface area contributed by atoms with Gasteiger partial charge in [-0.05, 0) is 49.9 Å². The van der Waals surface area contributed by atoms with E-state index in [0.717, 1.165) is 41.9 Å². The van der Waals surface area contributed by atoms with Crippen LogP contribution in [0.15, 0.2) is 30.7 Å². The van der Waals surface area contributed by atoms with Crippen molar-refractivity contribution in [3.8, 4) is 0 Å². The van der Waals surface area contributed by atoms with Crippen LogP contribution in [0, 0.1) is 13.8 Å². The van der Waals surface area contributed by atoms with E-state index in [2.05, 4.69) is 15.3 Å². The summed E-state index contributed by atoms with van der Waals surface area (Å²) < 4.78 is 0. The first-order chi connectivity index (χ1) is 11.6. The summed E-state index contributed by atoms with van der Waals surface area (Å²) in [4.78, 5) is 22.9. The zero-order valence-corrected chi connectivity index (χ0v) is 14.7. The van der Waals surface area contributed by atoms with Gasteiger partial charge in [0.1, 0.15) is 6.33 Å². The number of benzene rings is 1. The molecule has 0 bridgehead atoms. The van der Waals surface area contributed by atoms with Crippen molar-refractivity contribution in [1.29, 1.82) is 0 Å². The smallest absolute Gasteiger partial charge is 0.321 e. The van der Waals surface area contributed by atoms with Gasteiger partial charge >= 0.3 is 6.03 Å². The first kappa shape index (κ1) is 16.7. The Morgan fingerprint density at radius 1 is 1.33 bits per heavy atom. The molecule has 0 aliphatic carbocycles. The lowest BCUT2D eigenvalue weighted by molar-refractivity contribution is 0.192. The summed E-state index contributed by atoms with van der Waals surface area (Å²) in [7, 11) is 0. The minimum Gasteiger partial charge on any atom is -0.324 e. The molecule has 1 N–H and O–H groups in total. The van der Waals surface area contributed by atoms with Gasteiger partial charge in [0.15, 0.2) is 0 Å². The molecular formula is C18H21ClN4O. The number of likely N-dealkylation sites (tertiary alicyclic amines) is 1. The van der Waals surface area contributed by atoms with E-state index in [1.807, 2.05) is 36.9 Å². The van der Waals surface area contributed by atoms with E-state index >= 15 is 0 Å². The molecule has 1 saturated heterocycles. The van der Waals surface area contributed by atoms with E-state index < -0.39 is 0 Å². The molecule has 1 fully saturated rings. The van der Waals surface area contributed by atoms with Crippen molar-refractivity contribution < 1.29 is 4.79 Å². The number of anilines is 1. The van der Waals surface area contributed by atoms with E-state index in [-0.39, 0.29) is 11.9 Å². The molecule has 2 aromatic rings. The zero-order valence-electron chi connectivity index (χ0n) is 13.9. The molecule has 1 aliphatic heterocycles. The van der Waals surface area contributed by atoms with Crippen LogP contribution in [0.3, 0.4) is 0 Å². The Morgan fingerprint density at radius 3 is 2.92 bits per heavy atom. The Morgan fingerprint density at radius 2 is 2.17 bits per heavy atom. The highest BCUT2D eigenvalue weighted by atomic mass is 35.5. The number of hydrogen-bond acceptors (Lipinski definition) is 3. The van der Waals surface area contributed by atoms with Crippen molar-refractivity contribution in [3.05, 3.63) is 52.6 Å². The molecule has 0 saturated carbocycles. The average Bonchev–Trinajstić information content (AvgIpc) is 2.62. The van der Waals surface area contributed by atoms with E-state index in [1.54, 1.807) is 12.5 Å². The second kappa shape index (κ2) is 7.18. The Labute approximate surface area is 147 Å². The predicted molar refractivity (Wildman–Crippen MR) is 95.5 cm³/mol. The van der Waals surface area contributed by atoms with Gasteiger partial charge in [-0.1, -0.05) is 17.7 Å². The van der Waals surface area contributed by atoms with Gasteiger partial charge in [-0.25, -0.2) is 14.8 Å². The third-order valence-corrected chi connectivity index (χ3v) is 4.98. The summed E-state index contributed by atoms with van der Waals surface area (Å²) in [6, 6.07) is 5.62. The van der Waals surface area contributed by atoms with Crippen LogP contribution in [0.2, 0.25) is 5.02 Å². The average molecular weight is 345 g/mol. The summed E-state index contributed by atoms with van der Waals surface area (Å²) in [5, 5.41) is 3.69. The molecule has 5 nitrogen and oxygen atoms in total. The highest BCUT2D eigenvalue weighted by Crippen LogP contribution is 2.29. The van der Waals surface area contributed by atoms with Crippen LogP contribution in [0.5, 0.6) is 0 Å². The fraction of sp³-hybridized carbons (Fsp3) is 0.389. The van der Waals surface area contributed by atoms with Gasteiger partial charge in [0.2, 0.25) is 0 Å². The number of piperidine rings is 1. The summed E-state index contributed by atoms with van der Waals surface area (Å²) in [5.41, 5.74) is 3.71. The van der Waals surface area contributed by atoms with Crippen LogP contribution in [0.25, 0.3) is 0 Å². The molecule has 1 aromatic heterocycles. The molecule has 0 unspecified atom stereocenters. The van der Waals surface area contributed by atoms with E-state index in [4.69, 9.17) is 11.6 Å². The van der Waals surface area contributed by atoms with Gasteiger partial charge in [-0.2, -0.15) is 0 Å². The number of urea groups is 1. The minimum absolute atomic E-state index is 0.0813. The number of amides is 2. The number of nitrogens with one attached hydrogen (secondary N) is 1. The van der Waals surface area contributed by atoms with Crippen LogP contribution < -0.4 is 5.32 Å². The topological polar surface area (TPSA) is 58.1 Å². The lowest BCUT2D eigenvalue weighted by atomic mass is 9.95. The summed E-state index contributed by atoms with van der Waals surface area (Å²) >= 11 is 6.18. The van der Waals surface area contributed by atoms with Crippen molar-refractivity contribution in [2.24, 2.45) is 0 Å². The number of carbonyl (C=O) groups is 1. The van der Waals surface area contributed by atoms with E-state index in [0.29, 0.717) is 11.6 Å². The third kappa shape index (κ3) is 3.51. The predicted octanol–water partition coefficient (Wildman–Crippen LogP) is 4.16. The molecule has 126 valence electrons. The number of aromatic nitrogens is 2. The summed E-state index contributed by atoms with van der Waals surface area (Å²) in [6.45, 7) is 5.32. The minimum atomic E-state index is -0.0813. The second-order valence-corrected chi connectivity index (χ2v) is 6.62. The van der Waals surface area contributed by atoms with Crippen molar-refractivity contribution in [3.63, 3.8) is 0 Å². The van der Waals surface area contributed by atoms with E-state index in [9.17, 15) is 4.79 Å². The SMILES string of the molecule is Cc1ccc(Cl)c(C)c1NC(=O)N1CCC[C@H](c2ccncn2)C1. The molecule has 1 atom stereocenters. The number of hydrogen-bond donors (Lipinski definition) is 1. The molecular weight excluding hydrogens is 324 g/mol. The highest BCUT2D eigenvalue weighted by molar-refractivity contribution is 6.31. The van der Waals surface area contributed by atoms with Crippen LogP contribution in [-0.2, 0) is 0 Å². The number of nitrogens with zero attached hydrogens (tertiary/aromatic N) is 3. The molecule has 24 heavy (non-hydrogen) atoms. The molecule has 1 aromatic carbocycles. The van der Waals surface area contributed by atoms with Gasteiger partial charge in [0.05, 0.1) is 0 Å². The number of rotatable bonds is 2. The van der Waals surface area contributed by atoms with Gasteiger partial charge in [-0.3, -0.25) is 0 Å². The third-order valence-electron chi connectivity index (χ3n) is 4.57. The van der Waals surface area contributed by atoms with Gasteiger partial charge < -0.3 is 10.2 Å². The van der Waals surface area contributed by atoms with Gasteiger partial charge in [0.25, 0.3) is 0 Å². The maximum atomic E-state index is 12.7.